The number of esters is 2. The Hall–Kier alpha value is -1.14. The van der Waals surface area contributed by atoms with E-state index >= 15 is 0 Å². The minimum atomic E-state index is -1.03. The summed E-state index contributed by atoms with van der Waals surface area (Å²) in [5.41, 5.74) is 0. The quantitative estimate of drug-likeness (QED) is 0.634. The second-order valence-corrected chi connectivity index (χ2v) is 3.38. The molecule has 0 aliphatic carbocycles. The van der Waals surface area contributed by atoms with Gasteiger partial charge in [0.25, 0.3) is 0 Å². The van der Waals surface area contributed by atoms with E-state index < -0.39 is 36.5 Å². The van der Waals surface area contributed by atoms with Crippen molar-refractivity contribution in [2.24, 2.45) is 0 Å². The Morgan fingerprint density at radius 1 is 1.20 bits per heavy atom. The molecule has 0 aromatic rings. The van der Waals surface area contributed by atoms with Gasteiger partial charge in [-0.1, -0.05) is 0 Å². The fourth-order valence-electron chi connectivity index (χ4n) is 1.37. The zero-order chi connectivity index (χ0) is 11.6. The molecule has 1 N–H and O–H groups in total. The fraction of sp³-hybridized carbons (Fsp3) is 0.778. The third kappa shape index (κ3) is 2.90. The van der Waals surface area contributed by atoms with Gasteiger partial charge in [-0.25, -0.2) is 0 Å². The molecule has 0 radical (unpaired) electrons. The molecular formula is C9H14O6. The van der Waals surface area contributed by atoms with Crippen LogP contribution in [0.1, 0.15) is 20.8 Å². The number of hydrogen-bond donors (Lipinski definition) is 1. The highest BCUT2D eigenvalue weighted by molar-refractivity contribution is 5.67. The zero-order valence-corrected chi connectivity index (χ0v) is 8.80. The molecule has 4 unspecified atom stereocenters. The average Bonchev–Trinajstić information content (AvgIpc) is 2.31. The molecule has 1 heterocycles. The van der Waals surface area contributed by atoms with Crippen LogP contribution in [0.4, 0.5) is 0 Å². The molecule has 6 heteroatoms. The van der Waals surface area contributed by atoms with Crippen LogP contribution in [-0.2, 0) is 23.8 Å². The summed E-state index contributed by atoms with van der Waals surface area (Å²) < 4.78 is 14.7. The minimum absolute atomic E-state index is 0.543. The van der Waals surface area contributed by atoms with Gasteiger partial charge in [-0.2, -0.15) is 0 Å². The normalized spacial score (nSPS) is 34.9. The summed E-state index contributed by atoms with van der Waals surface area (Å²) in [5, 5.41) is 9.60. The highest BCUT2D eigenvalue weighted by atomic mass is 16.7. The summed E-state index contributed by atoms with van der Waals surface area (Å²) >= 11 is 0. The summed E-state index contributed by atoms with van der Waals surface area (Å²) in [6.07, 6.45) is -3.52. The van der Waals surface area contributed by atoms with E-state index in [-0.39, 0.29) is 0 Å². The Bertz CT molecular complexity index is 263. The number of carbonyl (C=O) groups is 2. The summed E-state index contributed by atoms with van der Waals surface area (Å²) in [6.45, 7) is 4.02. The van der Waals surface area contributed by atoms with Gasteiger partial charge >= 0.3 is 11.9 Å². The zero-order valence-electron chi connectivity index (χ0n) is 8.80. The van der Waals surface area contributed by atoms with Crippen molar-refractivity contribution in [3.8, 4) is 0 Å². The van der Waals surface area contributed by atoms with Crippen LogP contribution < -0.4 is 0 Å². The highest BCUT2D eigenvalue weighted by Gasteiger charge is 2.45. The van der Waals surface area contributed by atoms with Crippen LogP contribution in [0.15, 0.2) is 0 Å². The lowest BCUT2D eigenvalue weighted by molar-refractivity contribution is -0.194. The molecule has 0 bridgehead atoms. The Kier molecular flexibility index (Phi) is 3.65. The topological polar surface area (TPSA) is 82.1 Å². The van der Waals surface area contributed by atoms with Gasteiger partial charge in [-0.3, -0.25) is 9.59 Å². The lowest BCUT2D eigenvalue weighted by Gasteiger charge is -2.19. The van der Waals surface area contributed by atoms with Gasteiger partial charge in [-0.05, 0) is 6.92 Å². The molecule has 0 aromatic heterocycles. The molecule has 1 fully saturated rings. The molecule has 0 spiro atoms. The lowest BCUT2D eigenvalue weighted by atomic mass is 10.1. The molecule has 1 saturated heterocycles. The maximum absolute atomic E-state index is 10.8. The number of rotatable bonds is 2. The Balaban J connectivity index is 2.68. The van der Waals surface area contributed by atoms with Crippen molar-refractivity contribution < 1.29 is 28.9 Å². The van der Waals surface area contributed by atoms with Crippen LogP contribution in [0.2, 0.25) is 0 Å². The van der Waals surface area contributed by atoms with E-state index in [1.165, 1.54) is 13.8 Å². The minimum Gasteiger partial charge on any atom is -0.453 e. The SMILES string of the molecule is CC(=O)OC1OC(C)C(O)C1OC(C)=O. The molecule has 0 amide bonds. The van der Waals surface area contributed by atoms with Gasteiger partial charge in [0.2, 0.25) is 6.29 Å². The van der Waals surface area contributed by atoms with E-state index in [9.17, 15) is 14.7 Å². The summed E-state index contributed by atoms with van der Waals surface area (Å²) in [5.74, 6) is -1.12. The third-order valence-electron chi connectivity index (χ3n) is 2.02. The van der Waals surface area contributed by atoms with Gasteiger partial charge in [-0.15, -0.1) is 0 Å². The van der Waals surface area contributed by atoms with E-state index in [0.717, 1.165) is 0 Å². The number of ether oxygens (including phenoxy) is 3. The Labute approximate surface area is 87.1 Å². The number of hydrogen-bond acceptors (Lipinski definition) is 6. The summed E-state index contributed by atoms with van der Waals surface area (Å²) in [4.78, 5) is 21.5. The largest absolute Gasteiger partial charge is 0.453 e. The van der Waals surface area contributed by atoms with Crippen LogP contribution >= 0.6 is 0 Å². The van der Waals surface area contributed by atoms with Crippen LogP contribution in [0, 0.1) is 0 Å². The standard InChI is InChI=1S/C9H14O6/c1-4-7(12)8(14-5(2)10)9(13-4)15-6(3)11/h4,7-9,12H,1-3H3. The Morgan fingerprint density at radius 3 is 2.20 bits per heavy atom. The van der Waals surface area contributed by atoms with E-state index in [1.807, 2.05) is 0 Å². The smallest absolute Gasteiger partial charge is 0.305 e. The van der Waals surface area contributed by atoms with Gasteiger partial charge in [0.05, 0.1) is 6.10 Å². The second kappa shape index (κ2) is 4.59. The molecule has 1 aliphatic heterocycles. The van der Waals surface area contributed by atoms with Crippen LogP contribution in [0.3, 0.4) is 0 Å². The van der Waals surface area contributed by atoms with Crippen LogP contribution in [0.25, 0.3) is 0 Å². The fourth-order valence-corrected chi connectivity index (χ4v) is 1.37. The number of carbonyl (C=O) groups excluding carboxylic acids is 2. The third-order valence-corrected chi connectivity index (χ3v) is 2.02. The highest BCUT2D eigenvalue weighted by Crippen LogP contribution is 2.24. The van der Waals surface area contributed by atoms with E-state index in [1.54, 1.807) is 6.92 Å². The van der Waals surface area contributed by atoms with Crippen molar-refractivity contribution in [2.75, 3.05) is 0 Å². The first-order chi connectivity index (χ1) is 6.91. The van der Waals surface area contributed by atoms with Gasteiger partial charge in [0.1, 0.15) is 6.10 Å². The van der Waals surface area contributed by atoms with E-state index in [2.05, 4.69) is 0 Å². The van der Waals surface area contributed by atoms with Crippen molar-refractivity contribution >= 4 is 11.9 Å². The molecule has 0 saturated carbocycles. The molecule has 6 nitrogen and oxygen atoms in total. The van der Waals surface area contributed by atoms with Gasteiger partial charge < -0.3 is 19.3 Å². The number of aliphatic hydroxyl groups is 1. The molecule has 4 atom stereocenters. The molecule has 86 valence electrons. The molecular weight excluding hydrogens is 204 g/mol. The van der Waals surface area contributed by atoms with Crippen LogP contribution in [0.5, 0.6) is 0 Å². The predicted octanol–water partition coefficient (Wildman–Crippen LogP) is -0.413. The predicted molar refractivity (Wildman–Crippen MR) is 47.7 cm³/mol. The first kappa shape index (κ1) is 11.9. The van der Waals surface area contributed by atoms with Crippen molar-refractivity contribution in [3.05, 3.63) is 0 Å². The van der Waals surface area contributed by atoms with Gasteiger partial charge in [0.15, 0.2) is 6.10 Å². The first-order valence-electron chi connectivity index (χ1n) is 4.59. The summed E-state index contributed by atoms with van der Waals surface area (Å²) in [7, 11) is 0. The van der Waals surface area contributed by atoms with Crippen molar-refractivity contribution in [3.63, 3.8) is 0 Å². The van der Waals surface area contributed by atoms with Gasteiger partial charge in [0, 0.05) is 13.8 Å². The molecule has 1 rings (SSSR count). The average molecular weight is 218 g/mol. The van der Waals surface area contributed by atoms with Crippen LogP contribution in [-0.4, -0.2) is 41.6 Å². The van der Waals surface area contributed by atoms with E-state index in [4.69, 9.17) is 14.2 Å². The lowest BCUT2D eigenvalue weighted by Crippen LogP contribution is -2.37. The van der Waals surface area contributed by atoms with E-state index in [0.29, 0.717) is 0 Å². The molecule has 0 aromatic carbocycles. The monoisotopic (exact) mass is 218 g/mol. The maximum Gasteiger partial charge on any atom is 0.305 e. The Morgan fingerprint density at radius 2 is 1.73 bits per heavy atom. The maximum atomic E-state index is 10.8. The number of aliphatic hydroxyl groups excluding tert-OH is 1. The van der Waals surface area contributed by atoms with Crippen molar-refractivity contribution in [1.29, 1.82) is 0 Å². The molecule has 1 aliphatic rings. The molecule has 15 heavy (non-hydrogen) atoms. The second-order valence-electron chi connectivity index (χ2n) is 3.38. The van der Waals surface area contributed by atoms with Crippen molar-refractivity contribution in [2.45, 2.75) is 45.4 Å². The summed E-state index contributed by atoms with van der Waals surface area (Å²) in [6, 6.07) is 0. The first-order valence-corrected chi connectivity index (χ1v) is 4.59. The van der Waals surface area contributed by atoms with Crippen molar-refractivity contribution in [1.82, 2.24) is 0 Å².